The second kappa shape index (κ2) is 6.62. The van der Waals surface area contributed by atoms with Crippen molar-refractivity contribution in [2.75, 3.05) is 30.9 Å². The summed E-state index contributed by atoms with van der Waals surface area (Å²) in [5, 5.41) is 3.13. The number of nitrogens with zero attached hydrogens (tertiary/aromatic N) is 1. The van der Waals surface area contributed by atoms with Gasteiger partial charge >= 0.3 is 0 Å². The van der Waals surface area contributed by atoms with E-state index in [1.165, 1.54) is 11.3 Å². The van der Waals surface area contributed by atoms with Gasteiger partial charge in [0.2, 0.25) is 0 Å². The van der Waals surface area contributed by atoms with Crippen LogP contribution >= 0.6 is 15.9 Å². The van der Waals surface area contributed by atoms with Gasteiger partial charge in [0.1, 0.15) is 0 Å². The van der Waals surface area contributed by atoms with Crippen LogP contribution in [0.2, 0.25) is 0 Å². The highest BCUT2D eigenvalue weighted by atomic mass is 79.9. The minimum Gasteiger partial charge on any atom is -0.388 e. The summed E-state index contributed by atoms with van der Waals surface area (Å²) in [6.07, 6.45) is 1.05. The van der Waals surface area contributed by atoms with Crippen LogP contribution in [0.3, 0.4) is 0 Å². The molecule has 1 N–H and O–H groups in total. The van der Waals surface area contributed by atoms with Crippen molar-refractivity contribution in [2.24, 2.45) is 0 Å². The molecule has 0 saturated heterocycles. The summed E-state index contributed by atoms with van der Waals surface area (Å²) in [6, 6.07) is 17.0. The van der Waals surface area contributed by atoms with E-state index in [0.717, 1.165) is 23.1 Å². The molecule has 2 aromatic carbocycles. The topological polar surface area (TPSA) is 15.3 Å². The van der Waals surface area contributed by atoms with Crippen LogP contribution in [0, 0.1) is 0 Å². The summed E-state index contributed by atoms with van der Waals surface area (Å²) in [7, 11) is 4.07. The lowest BCUT2D eigenvalue weighted by Gasteiger charge is -2.19. The molecule has 0 aromatic heterocycles. The third kappa shape index (κ3) is 4.00. The second-order valence-corrected chi connectivity index (χ2v) is 5.51. The van der Waals surface area contributed by atoms with Gasteiger partial charge in [-0.25, -0.2) is 0 Å². The number of hydrogen-bond acceptors (Lipinski definition) is 2. The van der Waals surface area contributed by atoms with Crippen molar-refractivity contribution < 1.29 is 0 Å². The van der Waals surface area contributed by atoms with Crippen molar-refractivity contribution in [3.8, 4) is 0 Å². The Labute approximate surface area is 123 Å². The lowest BCUT2D eigenvalue weighted by Crippen LogP contribution is -2.20. The molecule has 2 aromatic rings. The third-order valence-corrected chi connectivity index (χ3v) is 3.71. The fraction of sp³-hybridized carbons (Fsp3) is 0.250. The summed E-state index contributed by atoms with van der Waals surface area (Å²) in [4.78, 5) is 2.28. The van der Waals surface area contributed by atoms with E-state index < -0.39 is 0 Å². The SMILES string of the molecule is CNc1ccc(N(C)CCc2cccc(Br)c2)cc1. The Morgan fingerprint density at radius 1 is 1.11 bits per heavy atom. The summed E-state index contributed by atoms with van der Waals surface area (Å²) in [6.45, 7) is 1.01. The predicted molar refractivity (Wildman–Crippen MR) is 87.1 cm³/mol. The van der Waals surface area contributed by atoms with E-state index in [4.69, 9.17) is 0 Å². The third-order valence-electron chi connectivity index (χ3n) is 3.22. The predicted octanol–water partition coefficient (Wildman–Crippen LogP) is 4.17. The molecule has 0 saturated carbocycles. The van der Waals surface area contributed by atoms with Gasteiger partial charge in [0.15, 0.2) is 0 Å². The van der Waals surface area contributed by atoms with Crippen LogP contribution in [-0.4, -0.2) is 20.6 Å². The molecule has 0 atom stereocenters. The molecule has 100 valence electrons. The van der Waals surface area contributed by atoms with Gasteiger partial charge in [-0.2, -0.15) is 0 Å². The Hall–Kier alpha value is -1.48. The minimum absolute atomic E-state index is 1.01. The van der Waals surface area contributed by atoms with Gasteiger partial charge in [-0.05, 0) is 48.4 Å². The Morgan fingerprint density at radius 2 is 1.84 bits per heavy atom. The zero-order valence-corrected chi connectivity index (χ0v) is 12.9. The first-order valence-electron chi connectivity index (χ1n) is 6.42. The molecular weight excluding hydrogens is 300 g/mol. The smallest absolute Gasteiger partial charge is 0.0365 e. The van der Waals surface area contributed by atoms with E-state index in [9.17, 15) is 0 Å². The van der Waals surface area contributed by atoms with Crippen LogP contribution in [0.1, 0.15) is 5.56 Å². The van der Waals surface area contributed by atoms with Crippen molar-refractivity contribution >= 4 is 27.3 Å². The Morgan fingerprint density at radius 3 is 2.47 bits per heavy atom. The van der Waals surface area contributed by atoms with Crippen molar-refractivity contribution in [3.05, 3.63) is 58.6 Å². The number of nitrogens with one attached hydrogen (secondary N) is 1. The zero-order chi connectivity index (χ0) is 13.7. The summed E-state index contributed by atoms with van der Waals surface area (Å²) in [5.74, 6) is 0. The summed E-state index contributed by atoms with van der Waals surface area (Å²) in [5.41, 5.74) is 3.74. The molecule has 0 aliphatic rings. The van der Waals surface area contributed by atoms with Crippen molar-refractivity contribution in [2.45, 2.75) is 6.42 Å². The average molecular weight is 319 g/mol. The van der Waals surface area contributed by atoms with Crippen molar-refractivity contribution in [3.63, 3.8) is 0 Å². The average Bonchev–Trinajstić information content (AvgIpc) is 2.45. The molecule has 0 bridgehead atoms. The van der Waals surface area contributed by atoms with Crippen LogP contribution in [0.5, 0.6) is 0 Å². The number of anilines is 2. The molecule has 0 fully saturated rings. The van der Waals surface area contributed by atoms with Gasteiger partial charge < -0.3 is 10.2 Å². The van der Waals surface area contributed by atoms with E-state index in [2.05, 4.69) is 81.7 Å². The van der Waals surface area contributed by atoms with Gasteiger partial charge in [-0.3, -0.25) is 0 Å². The highest BCUT2D eigenvalue weighted by molar-refractivity contribution is 9.10. The molecule has 0 spiro atoms. The molecule has 3 heteroatoms. The van der Waals surface area contributed by atoms with E-state index in [1.54, 1.807) is 0 Å². The number of halogens is 1. The number of rotatable bonds is 5. The largest absolute Gasteiger partial charge is 0.388 e. The zero-order valence-electron chi connectivity index (χ0n) is 11.4. The minimum atomic E-state index is 1.01. The molecule has 2 nitrogen and oxygen atoms in total. The Kier molecular flexibility index (Phi) is 4.86. The maximum atomic E-state index is 3.51. The Balaban J connectivity index is 1.95. The van der Waals surface area contributed by atoms with E-state index in [0.29, 0.717) is 0 Å². The first-order valence-corrected chi connectivity index (χ1v) is 7.22. The molecule has 0 unspecified atom stereocenters. The Bertz CT molecular complexity index is 523. The van der Waals surface area contributed by atoms with Crippen LogP contribution in [0.25, 0.3) is 0 Å². The molecule has 0 radical (unpaired) electrons. The highest BCUT2D eigenvalue weighted by Gasteiger charge is 2.02. The molecule has 0 amide bonds. The van der Waals surface area contributed by atoms with Crippen LogP contribution < -0.4 is 10.2 Å². The standard InChI is InChI=1S/C16H19BrN2/c1-18-15-6-8-16(9-7-15)19(2)11-10-13-4-3-5-14(17)12-13/h3-9,12,18H,10-11H2,1-2H3. The fourth-order valence-electron chi connectivity index (χ4n) is 2.00. The van der Waals surface area contributed by atoms with Crippen molar-refractivity contribution in [1.29, 1.82) is 0 Å². The molecule has 0 aliphatic carbocycles. The normalized spacial score (nSPS) is 10.3. The lowest BCUT2D eigenvalue weighted by atomic mass is 10.1. The number of hydrogen-bond donors (Lipinski definition) is 1. The van der Waals surface area contributed by atoms with E-state index in [1.807, 2.05) is 7.05 Å². The second-order valence-electron chi connectivity index (χ2n) is 4.60. The van der Waals surface area contributed by atoms with Crippen LogP contribution in [0.4, 0.5) is 11.4 Å². The van der Waals surface area contributed by atoms with Gasteiger partial charge in [-0.15, -0.1) is 0 Å². The maximum absolute atomic E-state index is 3.51. The lowest BCUT2D eigenvalue weighted by molar-refractivity contribution is 0.876. The van der Waals surface area contributed by atoms with E-state index >= 15 is 0 Å². The molecule has 0 aliphatic heterocycles. The van der Waals surface area contributed by atoms with Crippen molar-refractivity contribution in [1.82, 2.24) is 0 Å². The number of likely N-dealkylation sites (N-methyl/N-ethyl adjacent to an activating group) is 1. The molecule has 2 rings (SSSR count). The fourth-order valence-corrected chi connectivity index (χ4v) is 2.45. The molecular formula is C16H19BrN2. The van der Waals surface area contributed by atoms with Gasteiger partial charge in [0.25, 0.3) is 0 Å². The summed E-state index contributed by atoms with van der Waals surface area (Å²) < 4.78 is 1.14. The monoisotopic (exact) mass is 318 g/mol. The maximum Gasteiger partial charge on any atom is 0.0365 e. The van der Waals surface area contributed by atoms with Gasteiger partial charge in [0, 0.05) is 36.5 Å². The molecule has 19 heavy (non-hydrogen) atoms. The highest BCUT2D eigenvalue weighted by Crippen LogP contribution is 2.17. The number of benzene rings is 2. The van der Waals surface area contributed by atoms with E-state index in [-0.39, 0.29) is 0 Å². The summed E-state index contributed by atoms with van der Waals surface area (Å²) >= 11 is 3.51. The van der Waals surface area contributed by atoms with Crippen LogP contribution in [0.15, 0.2) is 53.0 Å². The van der Waals surface area contributed by atoms with Crippen LogP contribution in [-0.2, 0) is 6.42 Å². The molecule has 0 heterocycles. The quantitative estimate of drug-likeness (QED) is 0.890. The van der Waals surface area contributed by atoms with Gasteiger partial charge in [0.05, 0.1) is 0 Å². The van der Waals surface area contributed by atoms with Gasteiger partial charge in [-0.1, -0.05) is 28.1 Å². The first kappa shape index (κ1) is 13.9. The first-order chi connectivity index (χ1) is 9.19.